The number of benzene rings is 1. The first-order chi connectivity index (χ1) is 10.8. The van der Waals surface area contributed by atoms with E-state index in [1.54, 1.807) is 13.8 Å². The number of carbonyl (C=O) groups excluding carboxylic acids is 2. The van der Waals surface area contributed by atoms with Crippen molar-refractivity contribution < 1.29 is 14.3 Å². The van der Waals surface area contributed by atoms with Gasteiger partial charge in [0.05, 0.1) is 7.11 Å². The fraction of sp³-hybridized carbons (Fsp3) is 0.556. The van der Waals surface area contributed by atoms with Crippen molar-refractivity contribution in [2.45, 2.75) is 51.0 Å². The third-order valence-corrected chi connectivity index (χ3v) is 4.64. The average molecular weight is 318 g/mol. The van der Waals surface area contributed by atoms with Gasteiger partial charge in [0.15, 0.2) is 0 Å². The maximum absolute atomic E-state index is 12.4. The van der Waals surface area contributed by atoms with E-state index in [0.29, 0.717) is 5.92 Å². The monoisotopic (exact) mass is 318 g/mol. The molecule has 1 aromatic carbocycles. The molecule has 0 unspecified atom stereocenters. The van der Waals surface area contributed by atoms with Crippen molar-refractivity contribution >= 4 is 17.6 Å². The van der Waals surface area contributed by atoms with Gasteiger partial charge >= 0.3 is 5.97 Å². The minimum atomic E-state index is -0.986. The Balaban J connectivity index is 1.90. The van der Waals surface area contributed by atoms with Crippen LogP contribution in [0.5, 0.6) is 0 Å². The van der Waals surface area contributed by atoms with Crippen LogP contribution >= 0.6 is 0 Å². The van der Waals surface area contributed by atoms with Crippen molar-refractivity contribution in [3.8, 4) is 0 Å². The molecule has 5 heteroatoms. The lowest BCUT2D eigenvalue weighted by atomic mass is 9.78. The van der Waals surface area contributed by atoms with Crippen molar-refractivity contribution in [1.82, 2.24) is 5.32 Å². The maximum Gasteiger partial charge on any atom is 0.330 e. The lowest BCUT2D eigenvalue weighted by Gasteiger charge is -2.31. The molecule has 1 saturated carbocycles. The summed E-state index contributed by atoms with van der Waals surface area (Å²) in [5.74, 6) is -0.0465. The van der Waals surface area contributed by atoms with Gasteiger partial charge in [0.2, 0.25) is 5.91 Å². The summed E-state index contributed by atoms with van der Waals surface area (Å²) in [5.41, 5.74) is 6.79. The van der Waals surface area contributed by atoms with Crippen LogP contribution in [0.15, 0.2) is 24.3 Å². The van der Waals surface area contributed by atoms with E-state index in [0.717, 1.165) is 31.4 Å². The van der Waals surface area contributed by atoms with Crippen molar-refractivity contribution in [2.24, 2.45) is 5.92 Å². The molecule has 1 aromatic rings. The summed E-state index contributed by atoms with van der Waals surface area (Å²) in [4.78, 5) is 24.1. The molecule has 1 aliphatic rings. The topological polar surface area (TPSA) is 81.4 Å². The largest absolute Gasteiger partial charge is 0.467 e. The Morgan fingerprint density at radius 1 is 1.13 bits per heavy atom. The number of hydrogen-bond acceptors (Lipinski definition) is 4. The summed E-state index contributed by atoms with van der Waals surface area (Å²) in [7, 11) is 1.33. The Kier molecular flexibility index (Phi) is 5.29. The number of ether oxygens (including phenoxy) is 1. The van der Waals surface area contributed by atoms with Gasteiger partial charge in [0, 0.05) is 11.6 Å². The summed E-state index contributed by atoms with van der Waals surface area (Å²) in [5, 5.41) is 2.81. The molecule has 0 bridgehead atoms. The SMILES string of the molecule is COC(=O)C(C)(C)NC(=O)[C@H]1CC[C@H](c2ccc(N)cc2)CC1. The zero-order valence-corrected chi connectivity index (χ0v) is 14.1. The molecule has 1 aliphatic carbocycles. The molecular weight excluding hydrogens is 292 g/mol. The number of nitrogens with two attached hydrogens (primary N) is 1. The van der Waals surface area contributed by atoms with E-state index in [9.17, 15) is 9.59 Å². The standard InChI is InChI=1S/C18H26N2O3/c1-18(2,17(22)23-3)20-16(21)14-6-4-12(5-7-14)13-8-10-15(19)11-9-13/h8-12,14H,4-7,19H2,1-3H3,(H,20,21)/t12-,14-. The Hall–Kier alpha value is -2.04. The number of hydrogen-bond donors (Lipinski definition) is 2. The molecule has 0 atom stereocenters. The van der Waals surface area contributed by atoms with Gasteiger partial charge in [-0.15, -0.1) is 0 Å². The number of nitrogen functional groups attached to an aromatic ring is 1. The summed E-state index contributed by atoms with van der Waals surface area (Å²) in [6.07, 6.45) is 3.61. The van der Waals surface area contributed by atoms with Crippen LogP contribution in [0.25, 0.3) is 0 Å². The molecule has 1 amide bonds. The summed E-state index contributed by atoms with van der Waals surface area (Å²) >= 11 is 0. The Bertz CT molecular complexity index is 558. The van der Waals surface area contributed by atoms with Crippen molar-refractivity contribution in [2.75, 3.05) is 12.8 Å². The van der Waals surface area contributed by atoms with Gasteiger partial charge in [-0.1, -0.05) is 12.1 Å². The Morgan fingerprint density at radius 2 is 1.70 bits per heavy atom. The lowest BCUT2D eigenvalue weighted by molar-refractivity contribution is -0.150. The summed E-state index contributed by atoms with van der Waals surface area (Å²) in [6.45, 7) is 3.33. The van der Waals surface area contributed by atoms with Gasteiger partial charge in [-0.2, -0.15) is 0 Å². The number of methoxy groups -OCH3 is 1. The van der Waals surface area contributed by atoms with E-state index >= 15 is 0 Å². The van der Waals surface area contributed by atoms with Gasteiger partial charge < -0.3 is 15.8 Å². The predicted molar refractivity (Wildman–Crippen MR) is 89.8 cm³/mol. The molecule has 23 heavy (non-hydrogen) atoms. The van der Waals surface area contributed by atoms with Crippen LogP contribution in [-0.4, -0.2) is 24.5 Å². The highest BCUT2D eigenvalue weighted by molar-refractivity contribution is 5.88. The molecule has 0 aliphatic heterocycles. The van der Waals surface area contributed by atoms with E-state index in [2.05, 4.69) is 17.4 Å². The third-order valence-electron chi connectivity index (χ3n) is 4.64. The predicted octanol–water partition coefficient (Wildman–Crippen LogP) is 2.61. The minimum Gasteiger partial charge on any atom is -0.467 e. The van der Waals surface area contributed by atoms with E-state index in [1.165, 1.54) is 12.7 Å². The van der Waals surface area contributed by atoms with Gasteiger partial charge in [-0.05, 0) is 63.1 Å². The number of amides is 1. The molecule has 0 aromatic heterocycles. The summed E-state index contributed by atoms with van der Waals surface area (Å²) < 4.78 is 4.72. The first kappa shape index (κ1) is 17.3. The zero-order chi connectivity index (χ0) is 17.0. The van der Waals surface area contributed by atoms with Gasteiger partial charge in [-0.3, -0.25) is 4.79 Å². The smallest absolute Gasteiger partial charge is 0.330 e. The van der Waals surface area contributed by atoms with Crippen molar-refractivity contribution in [3.05, 3.63) is 29.8 Å². The second kappa shape index (κ2) is 7.02. The van der Waals surface area contributed by atoms with Crippen molar-refractivity contribution in [3.63, 3.8) is 0 Å². The highest BCUT2D eigenvalue weighted by Gasteiger charge is 2.34. The van der Waals surface area contributed by atoms with Crippen LogP contribution in [0.3, 0.4) is 0 Å². The van der Waals surface area contributed by atoms with E-state index in [1.807, 2.05) is 12.1 Å². The third kappa shape index (κ3) is 4.24. The number of esters is 1. The van der Waals surface area contributed by atoms with Gasteiger partial charge in [0.25, 0.3) is 0 Å². The van der Waals surface area contributed by atoms with Gasteiger partial charge in [0.1, 0.15) is 5.54 Å². The number of rotatable bonds is 4. The van der Waals surface area contributed by atoms with E-state index < -0.39 is 11.5 Å². The highest BCUT2D eigenvalue weighted by atomic mass is 16.5. The Labute approximate surface area is 137 Å². The highest BCUT2D eigenvalue weighted by Crippen LogP contribution is 2.36. The maximum atomic E-state index is 12.4. The van der Waals surface area contributed by atoms with Crippen LogP contribution in [0.2, 0.25) is 0 Å². The molecule has 0 heterocycles. The van der Waals surface area contributed by atoms with Crippen LogP contribution < -0.4 is 11.1 Å². The fourth-order valence-corrected chi connectivity index (χ4v) is 3.17. The zero-order valence-electron chi connectivity index (χ0n) is 14.1. The fourth-order valence-electron chi connectivity index (χ4n) is 3.17. The van der Waals surface area contributed by atoms with E-state index in [4.69, 9.17) is 10.5 Å². The van der Waals surface area contributed by atoms with Crippen LogP contribution in [0.4, 0.5) is 5.69 Å². The van der Waals surface area contributed by atoms with Crippen LogP contribution in [-0.2, 0) is 14.3 Å². The summed E-state index contributed by atoms with van der Waals surface area (Å²) in [6, 6.07) is 7.99. The van der Waals surface area contributed by atoms with Crippen LogP contribution in [0, 0.1) is 5.92 Å². The minimum absolute atomic E-state index is 0.0380. The van der Waals surface area contributed by atoms with Crippen LogP contribution in [0.1, 0.15) is 51.0 Å². The molecule has 3 N–H and O–H groups in total. The molecule has 0 saturated heterocycles. The number of anilines is 1. The second-order valence-corrected chi connectivity index (χ2v) is 6.82. The lowest BCUT2D eigenvalue weighted by Crippen LogP contribution is -2.52. The first-order valence-corrected chi connectivity index (χ1v) is 8.09. The molecule has 2 rings (SSSR count). The molecular formula is C18H26N2O3. The van der Waals surface area contributed by atoms with Crippen molar-refractivity contribution in [1.29, 1.82) is 0 Å². The first-order valence-electron chi connectivity index (χ1n) is 8.09. The average Bonchev–Trinajstić information content (AvgIpc) is 2.54. The molecule has 0 radical (unpaired) electrons. The van der Waals surface area contributed by atoms with Gasteiger partial charge in [-0.25, -0.2) is 4.79 Å². The second-order valence-electron chi connectivity index (χ2n) is 6.82. The molecule has 0 spiro atoms. The normalized spacial score (nSPS) is 21.5. The molecule has 126 valence electrons. The Morgan fingerprint density at radius 3 is 2.22 bits per heavy atom. The van der Waals surface area contributed by atoms with E-state index in [-0.39, 0.29) is 11.8 Å². The quantitative estimate of drug-likeness (QED) is 0.660. The number of nitrogens with one attached hydrogen (secondary N) is 1. The number of carbonyl (C=O) groups is 2. The molecule has 1 fully saturated rings. The molecule has 5 nitrogen and oxygen atoms in total.